The highest BCUT2D eigenvalue weighted by molar-refractivity contribution is 7.80. The first-order chi connectivity index (χ1) is 9.58. The fraction of sp³-hybridized carbons (Fsp3) is 0.500. The number of hydrogen-bond donors (Lipinski definition) is 2. The third-order valence-corrected chi connectivity index (χ3v) is 4.24. The molecule has 3 N–H and O–H groups in total. The van der Waals surface area contributed by atoms with Crippen molar-refractivity contribution in [3.63, 3.8) is 0 Å². The summed E-state index contributed by atoms with van der Waals surface area (Å²) in [6, 6.07) is 5.70. The Morgan fingerprint density at radius 3 is 2.50 bits per heavy atom. The van der Waals surface area contributed by atoms with Gasteiger partial charge in [0.15, 0.2) is 0 Å². The number of benzene rings is 1. The predicted molar refractivity (Wildman–Crippen MR) is 86.9 cm³/mol. The number of thiocarbonyl (C=S) groups is 1. The van der Waals surface area contributed by atoms with E-state index < -0.39 is 0 Å². The van der Waals surface area contributed by atoms with E-state index in [-0.39, 0.29) is 11.8 Å². The quantitative estimate of drug-likeness (QED) is 0.661. The molecule has 1 aromatic carbocycles. The summed E-state index contributed by atoms with van der Waals surface area (Å²) in [6.07, 6.45) is 6.81. The minimum absolute atomic E-state index is 0.134. The van der Waals surface area contributed by atoms with Crippen molar-refractivity contribution in [2.45, 2.75) is 45.4 Å². The number of rotatable bonds is 3. The van der Waals surface area contributed by atoms with Crippen LogP contribution in [0.15, 0.2) is 18.2 Å². The minimum Gasteiger partial charge on any atom is -0.389 e. The Balaban J connectivity index is 2.10. The summed E-state index contributed by atoms with van der Waals surface area (Å²) in [5, 5.41) is 3.05. The van der Waals surface area contributed by atoms with Gasteiger partial charge < -0.3 is 11.1 Å². The highest BCUT2D eigenvalue weighted by Crippen LogP contribution is 2.25. The molecule has 1 aromatic rings. The molecule has 0 aliphatic heterocycles. The highest BCUT2D eigenvalue weighted by Gasteiger charge is 2.20. The highest BCUT2D eigenvalue weighted by atomic mass is 32.1. The molecule has 0 unspecified atom stereocenters. The Morgan fingerprint density at radius 1 is 1.25 bits per heavy atom. The monoisotopic (exact) mass is 290 g/mol. The van der Waals surface area contributed by atoms with Crippen LogP contribution in [-0.4, -0.2) is 10.9 Å². The molecule has 0 aromatic heterocycles. The van der Waals surface area contributed by atoms with E-state index in [4.69, 9.17) is 18.0 Å². The van der Waals surface area contributed by atoms with Gasteiger partial charge in [-0.2, -0.15) is 0 Å². The molecule has 0 spiro atoms. The maximum atomic E-state index is 12.4. The second-order valence-corrected chi connectivity index (χ2v) is 6.01. The molecule has 1 aliphatic carbocycles. The van der Waals surface area contributed by atoms with E-state index in [9.17, 15) is 4.79 Å². The third kappa shape index (κ3) is 3.79. The zero-order chi connectivity index (χ0) is 14.5. The molecular weight excluding hydrogens is 268 g/mol. The summed E-state index contributed by atoms with van der Waals surface area (Å²) in [6.45, 7) is 1.98. The largest absolute Gasteiger partial charge is 0.389 e. The van der Waals surface area contributed by atoms with Crippen molar-refractivity contribution in [1.29, 1.82) is 0 Å². The van der Waals surface area contributed by atoms with E-state index in [1.807, 2.05) is 25.1 Å². The van der Waals surface area contributed by atoms with Crippen molar-refractivity contribution in [3.05, 3.63) is 29.3 Å². The van der Waals surface area contributed by atoms with E-state index in [0.29, 0.717) is 4.99 Å². The molecule has 3 nitrogen and oxygen atoms in total. The first-order valence-electron chi connectivity index (χ1n) is 7.29. The van der Waals surface area contributed by atoms with Crippen molar-refractivity contribution >= 4 is 28.8 Å². The molecule has 20 heavy (non-hydrogen) atoms. The summed E-state index contributed by atoms with van der Waals surface area (Å²) in [5.41, 5.74) is 8.30. The number of amides is 1. The summed E-state index contributed by atoms with van der Waals surface area (Å²) in [4.78, 5) is 12.7. The van der Waals surface area contributed by atoms with E-state index in [1.165, 1.54) is 12.8 Å². The van der Waals surface area contributed by atoms with Gasteiger partial charge in [0.25, 0.3) is 0 Å². The van der Waals surface area contributed by atoms with Gasteiger partial charge in [-0.05, 0) is 31.4 Å². The topological polar surface area (TPSA) is 55.1 Å². The normalized spacial score (nSPS) is 16.4. The maximum absolute atomic E-state index is 12.4. The zero-order valence-corrected chi connectivity index (χ0v) is 12.8. The molecule has 1 saturated carbocycles. The van der Waals surface area contributed by atoms with Crippen LogP contribution >= 0.6 is 12.2 Å². The SMILES string of the molecule is Cc1ccc(C(N)=S)cc1NC(=O)C1CCCCCC1. The summed E-state index contributed by atoms with van der Waals surface area (Å²) in [5.74, 6) is 0.278. The van der Waals surface area contributed by atoms with E-state index in [1.54, 1.807) is 0 Å². The third-order valence-electron chi connectivity index (χ3n) is 4.01. The fourth-order valence-corrected chi connectivity index (χ4v) is 2.81. The Bertz CT molecular complexity index is 505. The molecule has 4 heteroatoms. The van der Waals surface area contributed by atoms with Crippen LogP contribution in [-0.2, 0) is 4.79 Å². The van der Waals surface area contributed by atoms with E-state index >= 15 is 0 Å². The second-order valence-electron chi connectivity index (χ2n) is 5.57. The lowest BCUT2D eigenvalue weighted by atomic mass is 9.99. The van der Waals surface area contributed by atoms with Gasteiger partial charge in [0.05, 0.1) is 0 Å². The lowest BCUT2D eigenvalue weighted by Gasteiger charge is -2.16. The van der Waals surface area contributed by atoms with Crippen molar-refractivity contribution in [1.82, 2.24) is 0 Å². The number of hydrogen-bond acceptors (Lipinski definition) is 2. The molecule has 1 amide bonds. The van der Waals surface area contributed by atoms with Gasteiger partial charge >= 0.3 is 0 Å². The fourth-order valence-electron chi connectivity index (χ4n) is 2.69. The van der Waals surface area contributed by atoms with Gasteiger partial charge in [0, 0.05) is 17.2 Å². The van der Waals surface area contributed by atoms with Crippen LogP contribution in [0.5, 0.6) is 0 Å². The van der Waals surface area contributed by atoms with Crippen molar-refractivity contribution < 1.29 is 4.79 Å². The number of nitrogens with one attached hydrogen (secondary N) is 1. The Kier molecular flexibility index (Phi) is 5.12. The van der Waals surface area contributed by atoms with E-state index in [2.05, 4.69) is 5.32 Å². The molecule has 108 valence electrons. The molecule has 2 rings (SSSR count). The first-order valence-corrected chi connectivity index (χ1v) is 7.70. The van der Waals surface area contributed by atoms with Crippen molar-refractivity contribution in [2.24, 2.45) is 11.7 Å². The number of anilines is 1. The molecule has 0 saturated heterocycles. The van der Waals surface area contributed by atoms with Crippen LogP contribution in [0.3, 0.4) is 0 Å². The maximum Gasteiger partial charge on any atom is 0.227 e. The Morgan fingerprint density at radius 2 is 1.90 bits per heavy atom. The Hall–Kier alpha value is -1.42. The smallest absolute Gasteiger partial charge is 0.227 e. The number of aryl methyl sites for hydroxylation is 1. The average molecular weight is 290 g/mol. The van der Waals surface area contributed by atoms with Gasteiger partial charge in [-0.3, -0.25) is 4.79 Å². The van der Waals surface area contributed by atoms with Gasteiger partial charge in [0.2, 0.25) is 5.91 Å². The van der Waals surface area contributed by atoms with Gasteiger partial charge in [0.1, 0.15) is 4.99 Å². The van der Waals surface area contributed by atoms with E-state index in [0.717, 1.165) is 42.5 Å². The molecule has 0 bridgehead atoms. The average Bonchev–Trinajstić information content (AvgIpc) is 2.70. The van der Waals surface area contributed by atoms with Gasteiger partial charge in [-0.15, -0.1) is 0 Å². The van der Waals surface area contributed by atoms with Gasteiger partial charge in [-0.25, -0.2) is 0 Å². The van der Waals surface area contributed by atoms with Crippen LogP contribution in [0.4, 0.5) is 5.69 Å². The van der Waals surface area contributed by atoms with Crippen LogP contribution < -0.4 is 11.1 Å². The summed E-state index contributed by atoms with van der Waals surface area (Å²) < 4.78 is 0. The number of carbonyl (C=O) groups excluding carboxylic acids is 1. The zero-order valence-electron chi connectivity index (χ0n) is 11.9. The molecule has 1 fully saturated rings. The summed E-state index contributed by atoms with van der Waals surface area (Å²) in [7, 11) is 0. The molecule has 0 radical (unpaired) electrons. The summed E-state index contributed by atoms with van der Waals surface area (Å²) >= 11 is 4.99. The number of carbonyl (C=O) groups is 1. The molecule has 0 atom stereocenters. The minimum atomic E-state index is 0.134. The van der Waals surface area contributed by atoms with Crippen LogP contribution in [0, 0.1) is 12.8 Å². The standard InChI is InChI=1S/C16H22N2OS/c1-11-8-9-13(15(17)20)10-14(11)18-16(19)12-6-4-2-3-5-7-12/h8-10,12H,2-7H2,1H3,(H2,17,20)(H,18,19). The second kappa shape index (κ2) is 6.84. The lowest BCUT2D eigenvalue weighted by Crippen LogP contribution is -2.23. The van der Waals surface area contributed by atoms with Gasteiger partial charge in [-0.1, -0.05) is 50.0 Å². The lowest BCUT2D eigenvalue weighted by molar-refractivity contribution is -0.120. The van der Waals surface area contributed by atoms with Crippen molar-refractivity contribution in [2.75, 3.05) is 5.32 Å². The molecule has 0 heterocycles. The van der Waals surface area contributed by atoms with Crippen LogP contribution in [0.25, 0.3) is 0 Å². The van der Waals surface area contributed by atoms with Crippen molar-refractivity contribution in [3.8, 4) is 0 Å². The number of nitrogens with two attached hydrogens (primary N) is 1. The predicted octanol–water partition coefficient (Wildman–Crippen LogP) is 3.54. The van der Waals surface area contributed by atoms with Crippen LogP contribution in [0.2, 0.25) is 0 Å². The molecule has 1 aliphatic rings. The molecular formula is C16H22N2OS. The van der Waals surface area contributed by atoms with Crippen LogP contribution in [0.1, 0.15) is 49.7 Å². The first kappa shape index (κ1) is 15.0. The Labute approximate surface area is 125 Å².